The Balaban J connectivity index is 1.90. The van der Waals surface area contributed by atoms with Crippen molar-refractivity contribution in [2.75, 3.05) is 0 Å². The Bertz CT molecular complexity index is 832. The number of nitro benzene ring substituents is 1. The van der Waals surface area contributed by atoms with Crippen LogP contribution in [0.5, 0.6) is 0 Å². The molecule has 0 bridgehead atoms. The second kappa shape index (κ2) is 5.20. The molecule has 0 N–H and O–H groups in total. The van der Waals surface area contributed by atoms with Gasteiger partial charge in [0.05, 0.1) is 4.92 Å². The summed E-state index contributed by atoms with van der Waals surface area (Å²) >= 11 is 0. The van der Waals surface area contributed by atoms with Gasteiger partial charge in [-0.3, -0.25) is 10.1 Å². The van der Waals surface area contributed by atoms with Crippen molar-refractivity contribution in [3.63, 3.8) is 0 Å². The van der Waals surface area contributed by atoms with Crippen molar-refractivity contribution in [2.24, 2.45) is 0 Å². The van der Waals surface area contributed by atoms with Gasteiger partial charge >= 0.3 is 0 Å². The summed E-state index contributed by atoms with van der Waals surface area (Å²) in [7, 11) is 0. The number of non-ortho nitro benzene ring substituents is 1. The van der Waals surface area contributed by atoms with E-state index in [2.05, 4.69) is 4.98 Å². The number of aromatic nitrogens is 1. The van der Waals surface area contributed by atoms with Crippen LogP contribution in [0.2, 0.25) is 0 Å². The zero-order chi connectivity index (χ0) is 14.8. The SMILES string of the molecule is Cc1ccc(/C=C/c2nc3cc([N+](=O)[O-])ccc3o2)cc1. The molecule has 0 atom stereocenters. The van der Waals surface area contributed by atoms with E-state index in [-0.39, 0.29) is 5.69 Å². The van der Waals surface area contributed by atoms with Gasteiger partial charge in [0.1, 0.15) is 5.52 Å². The molecule has 3 aromatic rings. The standard InChI is InChI=1S/C16H12N2O3/c1-11-2-4-12(5-3-11)6-9-16-17-14-10-13(18(19)20)7-8-15(14)21-16/h2-10H,1H3/b9-6+. The molecule has 2 aromatic carbocycles. The number of hydrogen-bond donors (Lipinski definition) is 0. The van der Waals surface area contributed by atoms with Crippen LogP contribution in [0.3, 0.4) is 0 Å². The van der Waals surface area contributed by atoms with Crippen molar-refractivity contribution in [1.29, 1.82) is 0 Å². The van der Waals surface area contributed by atoms with Gasteiger partial charge in [0.2, 0.25) is 5.89 Å². The van der Waals surface area contributed by atoms with Crippen LogP contribution >= 0.6 is 0 Å². The van der Waals surface area contributed by atoms with E-state index in [4.69, 9.17) is 4.42 Å². The largest absolute Gasteiger partial charge is 0.437 e. The molecule has 21 heavy (non-hydrogen) atoms. The highest BCUT2D eigenvalue weighted by Crippen LogP contribution is 2.22. The zero-order valence-electron chi connectivity index (χ0n) is 11.3. The normalized spacial score (nSPS) is 11.3. The highest BCUT2D eigenvalue weighted by molar-refractivity contribution is 5.78. The average Bonchev–Trinajstić information content (AvgIpc) is 2.88. The van der Waals surface area contributed by atoms with Gasteiger partial charge < -0.3 is 4.42 Å². The molecule has 0 unspecified atom stereocenters. The Kier molecular flexibility index (Phi) is 3.23. The van der Waals surface area contributed by atoms with Gasteiger partial charge in [-0.05, 0) is 24.6 Å². The molecule has 1 aromatic heterocycles. The minimum Gasteiger partial charge on any atom is -0.437 e. The molecule has 3 rings (SSSR count). The molecule has 0 fully saturated rings. The summed E-state index contributed by atoms with van der Waals surface area (Å²) in [4.78, 5) is 14.5. The lowest BCUT2D eigenvalue weighted by atomic mass is 10.1. The quantitative estimate of drug-likeness (QED) is 0.532. The first-order chi connectivity index (χ1) is 10.1. The van der Waals surface area contributed by atoms with Crippen LogP contribution in [-0.2, 0) is 0 Å². The molecule has 0 radical (unpaired) electrons. The molecular weight excluding hydrogens is 268 g/mol. The maximum Gasteiger partial charge on any atom is 0.271 e. The predicted molar refractivity (Wildman–Crippen MR) is 80.8 cm³/mol. The van der Waals surface area contributed by atoms with Gasteiger partial charge in [0, 0.05) is 18.2 Å². The fraction of sp³-hybridized carbons (Fsp3) is 0.0625. The zero-order valence-corrected chi connectivity index (χ0v) is 11.3. The fourth-order valence-electron chi connectivity index (χ4n) is 1.96. The summed E-state index contributed by atoms with van der Waals surface area (Å²) in [5.41, 5.74) is 3.25. The van der Waals surface area contributed by atoms with Crippen molar-refractivity contribution in [3.8, 4) is 0 Å². The summed E-state index contributed by atoms with van der Waals surface area (Å²) in [5.74, 6) is 0.422. The number of nitrogens with zero attached hydrogens (tertiary/aromatic N) is 2. The summed E-state index contributed by atoms with van der Waals surface area (Å²) in [6.07, 6.45) is 3.63. The molecular formula is C16H12N2O3. The molecule has 0 aliphatic heterocycles. The molecule has 0 amide bonds. The number of fused-ring (bicyclic) bond motifs is 1. The third-order valence-electron chi connectivity index (χ3n) is 3.09. The second-order valence-electron chi connectivity index (χ2n) is 4.71. The van der Waals surface area contributed by atoms with Gasteiger partial charge in [0.25, 0.3) is 5.69 Å². The smallest absolute Gasteiger partial charge is 0.271 e. The van der Waals surface area contributed by atoms with Crippen LogP contribution in [0.25, 0.3) is 23.3 Å². The van der Waals surface area contributed by atoms with Crippen LogP contribution in [-0.4, -0.2) is 9.91 Å². The first-order valence-electron chi connectivity index (χ1n) is 6.41. The number of hydrogen-bond acceptors (Lipinski definition) is 4. The van der Waals surface area contributed by atoms with Crippen molar-refractivity contribution in [2.45, 2.75) is 6.92 Å². The first-order valence-corrected chi connectivity index (χ1v) is 6.41. The average molecular weight is 280 g/mol. The van der Waals surface area contributed by atoms with E-state index >= 15 is 0 Å². The summed E-state index contributed by atoms with van der Waals surface area (Å²) in [5, 5.41) is 10.7. The van der Waals surface area contributed by atoms with Crippen molar-refractivity contribution >= 4 is 28.9 Å². The van der Waals surface area contributed by atoms with Crippen LogP contribution < -0.4 is 0 Å². The topological polar surface area (TPSA) is 69.2 Å². The maximum atomic E-state index is 10.7. The van der Waals surface area contributed by atoms with E-state index < -0.39 is 4.92 Å². The van der Waals surface area contributed by atoms with Gasteiger partial charge in [-0.15, -0.1) is 0 Å². The highest BCUT2D eigenvalue weighted by atomic mass is 16.6. The van der Waals surface area contributed by atoms with E-state index in [9.17, 15) is 10.1 Å². The van der Waals surface area contributed by atoms with Gasteiger partial charge in [0.15, 0.2) is 5.58 Å². The lowest BCUT2D eigenvalue weighted by Crippen LogP contribution is -1.86. The Morgan fingerprint density at radius 1 is 1.14 bits per heavy atom. The molecule has 5 heteroatoms. The Morgan fingerprint density at radius 3 is 2.62 bits per heavy atom. The van der Waals surface area contributed by atoms with Crippen LogP contribution in [0.1, 0.15) is 17.0 Å². The van der Waals surface area contributed by atoms with E-state index in [0.717, 1.165) is 5.56 Å². The highest BCUT2D eigenvalue weighted by Gasteiger charge is 2.10. The number of rotatable bonds is 3. The van der Waals surface area contributed by atoms with Crippen LogP contribution in [0, 0.1) is 17.0 Å². The van der Waals surface area contributed by atoms with E-state index in [1.165, 1.54) is 17.7 Å². The van der Waals surface area contributed by atoms with Crippen molar-refractivity contribution in [3.05, 3.63) is 69.6 Å². The molecule has 0 saturated carbocycles. The number of aryl methyl sites for hydroxylation is 1. The van der Waals surface area contributed by atoms with Gasteiger partial charge in [-0.25, -0.2) is 4.98 Å². The van der Waals surface area contributed by atoms with Crippen molar-refractivity contribution in [1.82, 2.24) is 4.98 Å². The second-order valence-corrected chi connectivity index (χ2v) is 4.71. The lowest BCUT2D eigenvalue weighted by molar-refractivity contribution is -0.384. The number of oxazole rings is 1. The van der Waals surface area contributed by atoms with Gasteiger partial charge in [-0.1, -0.05) is 29.8 Å². The molecule has 0 saturated heterocycles. The third kappa shape index (κ3) is 2.81. The van der Waals surface area contributed by atoms with Crippen molar-refractivity contribution < 1.29 is 9.34 Å². The molecule has 0 aliphatic rings. The molecule has 0 aliphatic carbocycles. The van der Waals surface area contributed by atoms with Crippen LogP contribution in [0.4, 0.5) is 5.69 Å². The lowest BCUT2D eigenvalue weighted by Gasteiger charge is -1.93. The number of nitro groups is 1. The summed E-state index contributed by atoms with van der Waals surface area (Å²) in [6, 6.07) is 12.4. The molecule has 1 heterocycles. The fourth-order valence-corrected chi connectivity index (χ4v) is 1.96. The van der Waals surface area contributed by atoms with E-state index in [1.807, 2.05) is 37.3 Å². The number of benzene rings is 2. The Hall–Kier alpha value is -2.95. The monoisotopic (exact) mass is 280 g/mol. The van der Waals surface area contributed by atoms with E-state index in [1.54, 1.807) is 12.1 Å². The molecule has 104 valence electrons. The Labute approximate surface area is 120 Å². The maximum absolute atomic E-state index is 10.7. The minimum absolute atomic E-state index is 0.00450. The van der Waals surface area contributed by atoms with Gasteiger partial charge in [-0.2, -0.15) is 0 Å². The summed E-state index contributed by atoms with van der Waals surface area (Å²) < 4.78 is 5.53. The summed E-state index contributed by atoms with van der Waals surface area (Å²) in [6.45, 7) is 2.03. The molecule has 5 nitrogen and oxygen atoms in total. The predicted octanol–water partition coefficient (Wildman–Crippen LogP) is 4.21. The Morgan fingerprint density at radius 2 is 1.90 bits per heavy atom. The van der Waals surface area contributed by atoms with E-state index in [0.29, 0.717) is 17.0 Å². The third-order valence-corrected chi connectivity index (χ3v) is 3.09. The first kappa shape index (κ1) is 13.1. The minimum atomic E-state index is -0.448. The molecule has 0 spiro atoms. The van der Waals surface area contributed by atoms with Crippen LogP contribution in [0.15, 0.2) is 46.9 Å².